The van der Waals surface area contributed by atoms with Gasteiger partial charge >= 0.3 is 0 Å². The molecule has 0 saturated carbocycles. The Kier molecular flexibility index (Phi) is 5.50. The first-order chi connectivity index (χ1) is 13.1. The summed E-state index contributed by atoms with van der Waals surface area (Å²) in [7, 11) is 0. The molecule has 4 rings (SSSR count). The molecule has 0 spiro atoms. The van der Waals surface area contributed by atoms with Crippen molar-refractivity contribution in [2.45, 2.75) is 70.6 Å². The van der Waals surface area contributed by atoms with Gasteiger partial charge in [-0.1, -0.05) is 18.6 Å². The van der Waals surface area contributed by atoms with Crippen molar-refractivity contribution in [2.75, 3.05) is 5.32 Å². The summed E-state index contributed by atoms with van der Waals surface area (Å²) in [5.41, 5.74) is 3.56. The minimum atomic E-state index is 0.443. The zero-order chi connectivity index (χ0) is 18.8. The van der Waals surface area contributed by atoms with Crippen LogP contribution in [0.3, 0.4) is 0 Å². The van der Waals surface area contributed by atoms with Crippen LogP contribution < -0.4 is 10.6 Å². The van der Waals surface area contributed by atoms with E-state index in [4.69, 9.17) is 16.6 Å². The highest BCUT2D eigenvalue weighted by molar-refractivity contribution is 7.80. The summed E-state index contributed by atoms with van der Waals surface area (Å²) in [4.78, 5) is 2.65. The van der Waals surface area contributed by atoms with Gasteiger partial charge in [-0.2, -0.15) is 0 Å². The van der Waals surface area contributed by atoms with E-state index in [1.807, 2.05) is 6.07 Å². The van der Waals surface area contributed by atoms with Crippen molar-refractivity contribution in [3.8, 4) is 0 Å². The van der Waals surface area contributed by atoms with E-state index in [2.05, 4.69) is 53.6 Å². The molecular formula is C22H29N3OS. The molecular weight excluding hydrogens is 354 g/mol. The number of thiocarbonyl (C=S) groups is 1. The lowest BCUT2D eigenvalue weighted by molar-refractivity contribution is 0.0161. The van der Waals surface area contributed by atoms with E-state index in [1.165, 1.54) is 30.4 Å². The summed E-state index contributed by atoms with van der Waals surface area (Å²) >= 11 is 5.62. The van der Waals surface area contributed by atoms with Crippen molar-refractivity contribution in [3.63, 3.8) is 0 Å². The smallest absolute Gasteiger partial charge is 0.171 e. The van der Waals surface area contributed by atoms with E-state index < -0.39 is 0 Å². The Morgan fingerprint density at radius 3 is 2.67 bits per heavy atom. The van der Waals surface area contributed by atoms with Gasteiger partial charge in [0.1, 0.15) is 5.76 Å². The summed E-state index contributed by atoms with van der Waals surface area (Å²) in [6.07, 6.45) is 7.94. The van der Waals surface area contributed by atoms with Crippen LogP contribution in [0.15, 0.2) is 41.0 Å². The molecule has 3 heterocycles. The van der Waals surface area contributed by atoms with Crippen molar-refractivity contribution in [1.29, 1.82) is 0 Å². The van der Waals surface area contributed by atoms with Crippen LogP contribution >= 0.6 is 12.2 Å². The largest absolute Gasteiger partial charge is 0.468 e. The van der Waals surface area contributed by atoms with Crippen LogP contribution in [-0.4, -0.2) is 28.1 Å². The Morgan fingerprint density at radius 1 is 1.19 bits per heavy atom. The number of rotatable bonds is 4. The maximum absolute atomic E-state index is 5.62. The number of piperidine rings is 2. The average Bonchev–Trinajstić information content (AvgIpc) is 3.12. The summed E-state index contributed by atoms with van der Waals surface area (Å²) < 4.78 is 5.59. The molecule has 27 heavy (non-hydrogen) atoms. The van der Waals surface area contributed by atoms with Crippen LogP contribution in [0.5, 0.6) is 0 Å². The van der Waals surface area contributed by atoms with Gasteiger partial charge in [0, 0.05) is 23.8 Å². The molecule has 2 fully saturated rings. The molecule has 0 amide bonds. The first kappa shape index (κ1) is 18.5. The summed E-state index contributed by atoms with van der Waals surface area (Å²) in [5, 5.41) is 7.74. The first-order valence-electron chi connectivity index (χ1n) is 10.0. The van der Waals surface area contributed by atoms with Crippen LogP contribution in [0.1, 0.15) is 49.0 Å². The zero-order valence-corrected chi connectivity index (χ0v) is 17.0. The highest BCUT2D eigenvalue weighted by Crippen LogP contribution is 2.35. The third kappa shape index (κ3) is 4.36. The second-order valence-corrected chi connectivity index (χ2v) is 8.48. The van der Waals surface area contributed by atoms with E-state index in [0.29, 0.717) is 18.1 Å². The second kappa shape index (κ2) is 8.03. The molecule has 2 N–H and O–H groups in total. The summed E-state index contributed by atoms with van der Waals surface area (Å²) in [6, 6.07) is 12.2. The molecule has 1 aromatic carbocycles. The van der Waals surface area contributed by atoms with Gasteiger partial charge in [-0.25, -0.2) is 0 Å². The fourth-order valence-corrected chi connectivity index (χ4v) is 4.93. The topological polar surface area (TPSA) is 40.4 Å². The lowest BCUT2D eigenvalue weighted by Gasteiger charge is -2.48. The molecule has 0 radical (unpaired) electrons. The van der Waals surface area contributed by atoms with Crippen molar-refractivity contribution >= 4 is 23.0 Å². The normalized spacial score (nSPS) is 25.2. The van der Waals surface area contributed by atoms with Crippen LogP contribution in [0.25, 0.3) is 0 Å². The SMILES string of the molecule is Cc1ccc(C)c(NC(=S)NC2C[C@H]3CCC[C@@H](C2)N3Cc2ccco2)c1. The van der Waals surface area contributed by atoms with E-state index in [-0.39, 0.29) is 0 Å². The number of nitrogens with zero attached hydrogens (tertiary/aromatic N) is 1. The van der Waals surface area contributed by atoms with Gasteiger partial charge in [-0.15, -0.1) is 0 Å². The van der Waals surface area contributed by atoms with Gasteiger partial charge in [0.15, 0.2) is 5.11 Å². The third-order valence-corrected chi connectivity index (χ3v) is 6.24. The third-order valence-electron chi connectivity index (χ3n) is 6.02. The zero-order valence-electron chi connectivity index (χ0n) is 16.2. The van der Waals surface area contributed by atoms with E-state index >= 15 is 0 Å². The molecule has 3 atom stereocenters. The highest BCUT2D eigenvalue weighted by Gasteiger charge is 2.38. The lowest BCUT2D eigenvalue weighted by Crippen LogP contribution is -2.56. The molecule has 2 saturated heterocycles. The van der Waals surface area contributed by atoms with Gasteiger partial charge < -0.3 is 15.1 Å². The van der Waals surface area contributed by atoms with Crippen LogP contribution in [0.2, 0.25) is 0 Å². The van der Waals surface area contributed by atoms with Gasteiger partial charge in [0.2, 0.25) is 0 Å². The minimum Gasteiger partial charge on any atom is -0.468 e. The van der Waals surface area contributed by atoms with Gasteiger partial charge in [0.25, 0.3) is 0 Å². The number of nitrogens with one attached hydrogen (secondary N) is 2. The van der Waals surface area contributed by atoms with Crippen LogP contribution in [0, 0.1) is 13.8 Å². The number of benzene rings is 1. The monoisotopic (exact) mass is 383 g/mol. The second-order valence-electron chi connectivity index (χ2n) is 8.08. The fraction of sp³-hybridized carbons (Fsp3) is 0.500. The van der Waals surface area contributed by atoms with E-state index in [0.717, 1.165) is 35.9 Å². The molecule has 2 aliphatic heterocycles. The van der Waals surface area contributed by atoms with Crippen LogP contribution in [0.4, 0.5) is 5.69 Å². The van der Waals surface area contributed by atoms with Gasteiger partial charge in [-0.3, -0.25) is 4.90 Å². The maximum atomic E-state index is 5.62. The number of aryl methyl sites for hydroxylation is 2. The first-order valence-corrected chi connectivity index (χ1v) is 10.4. The minimum absolute atomic E-state index is 0.443. The summed E-state index contributed by atoms with van der Waals surface area (Å²) in [6.45, 7) is 5.15. The Labute approximate surface area is 167 Å². The molecule has 2 aliphatic rings. The van der Waals surface area contributed by atoms with Crippen LogP contribution in [-0.2, 0) is 6.54 Å². The van der Waals surface area contributed by atoms with Crippen molar-refractivity contribution in [3.05, 3.63) is 53.5 Å². The lowest BCUT2D eigenvalue weighted by atomic mass is 9.81. The van der Waals surface area contributed by atoms with Crippen molar-refractivity contribution in [2.24, 2.45) is 0 Å². The molecule has 5 heteroatoms. The molecule has 0 aliphatic carbocycles. The predicted molar refractivity (Wildman–Crippen MR) is 114 cm³/mol. The molecule has 144 valence electrons. The van der Waals surface area contributed by atoms with Gasteiger partial charge in [0.05, 0.1) is 12.8 Å². The molecule has 2 aromatic rings. The molecule has 1 aromatic heterocycles. The fourth-order valence-electron chi connectivity index (χ4n) is 4.65. The number of anilines is 1. The molecule has 2 bridgehead atoms. The van der Waals surface area contributed by atoms with Crippen molar-refractivity contribution < 1.29 is 4.42 Å². The Balaban J connectivity index is 1.37. The standard InChI is InChI=1S/C22H29N3OS/c1-15-8-9-16(2)21(11-15)24-22(27)23-17-12-18-5-3-6-19(13-17)25(18)14-20-7-4-10-26-20/h4,7-11,17-19H,3,5-6,12-14H2,1-2H3,(H2,23,24,27)/t17?,18-,19+. The Morgan fingerprint density at radius 2 is 1.96 bits per heavy atom. The van der Waals surface area contributed by atoms with E-state index in [1.54, 1.807) is 6.26 Å². The predicted octanol–water partition coefficient (Wildman–Crippen LogP) is 4.77. The maximum Gasteiger partial charge on any atom is 0.171 e. The van der Waals surface area contributed by atoms with Gasteiger partial charge in [-0.05, 0) is 81.1 Å². The van der Waals surface area contributed by atoms with E-state index in [9.17, 15) is 0 Å². The number of furan rings is 1. The number of hydrogen-bond donors (Lipinski definition) is 2. The quantitative estimate of drug-likeness (QED) is 0.745. The molecule has 4 nitrogen and oxygen atoms in total. The number of fused-ring (bicyclic) bond motifs is 2. The number of hydrogen-bond acceptors (Lipinski definition) is 3. The van der Waals surface area contributed by atoms with Crippen molar-refractivity contribution in [1.82, 2.24) is 10.2 Å². The Hall–Kier alpha value is -1.85. The summed E-state index contributed by atoms with van der Waals surface area (Å²) in [5.74, 6) is 1.07. The highest BCUT2D eigenvalue weighted by atomic mass is 32.1. The molecule has 1 unspecified atom stereocenters. The average molecular weight is 384 g/mol. The Bertz CT molecular complexity index is 775.